The molecule has 0 aliphatic heterocycles. The Morgan fingerprint density at radius 1 is 1.14 bits per heavy atom. The van der Waals surface area contributed by atoms with Crippen LogP contribution < -0.4 is 10.1 Å². The highest BCUT2D eigenvalue weighted by atomic mass is 35.5. The SMILES string of the molecule is COc1cc(-c2nc3cc(C)ccn3c2Nc2ccc(Cl)cc2)cc(F)c1O. The minimum Gasteiger partial charge on any atom is -0.502 e. The number of hydrogen-bond donors (Lipinski definition) is 2. The first-order valence-electron chi connectivity index (χ1n) is 8.54. The third-order valence-electron chi connectivity index (χ3n) is 4.41. The Bertz CT molecular complexity index is 1170. The van der Waals surface area contributed by atoms with Crippen LogP contribution in [0.5, 0.6) is 11.5 Å². The van der Waals surface area contributed by atoms with Crippen molar-refractivity contribution in [1.29, 1.82) is 0 Å². The van der Waals surface area contributed by atoms with Crippen LogP contribution in [0.15, 0.2) is 54.7 Å². The molecule has 0 aliphatic rings. The first kappa shape index (κ1) is 18.1. The molecule has 2 aromatic heterocycles. The van der Waals surface area contributed by atoms with Gasteiger partial charge in [-0.3, -0.25) is 4.40 Å². The van der Waals surface area contributed by atoms with Crippen molar-refractivity contribution in [3.63, 3.8) is 0 Å². The van der Waals surface area contributed by atoms with Crippen molar-refractivity contribution in [2.45, 2.75) is 6.92 Å². The number of hydrogen-bond acceptors (Lipinski definition) is 4. The maximum atomic E-state index is 14.2. The largest absolute Gasteiger partial charge is 0.502 e. The molecule has 4 aromatic rings. The van der Waals surface area contributed by atoms with Gasteiger partial charge in [-0.1, -0.05) is 11.6 Å². The third-order valence-corrected chi connectivity index (χ3v) is 4.66. The van der Waals surface area contributed by atoms with E-state index in [4.69, 9.17) is 16.3 Å². The van der Waals surface area contributed by atoms with Crippen molar-refractivity contribution in [3.8, 4) is 22.8 Å². The lowest BCUT2D eigenvalue weighted by Crippen LogP contribution is -1.97. The number of aromatic hydroxyl groups is 1. The highest BCUT2D eigenvalue weighted by molar-refractivity contribution is 6.30. The van der Waals surface area contributed by atoms with E-state index >= 15 is 0 Å². The molecule has 0 saturated heterocycles. The van der Waals surface area contributed by atoms with Gasteiger partial charge in [0.15, 0.2) is 17.3 Å². The Kier molecular flexibility index (Phi) is 4.57. The first-order valence-corrected chi connectivity index (χ1v) is 8.92. The van der Waals surface area contributed by atoms with Gasteiger partial charge in [0, 0.05) is 22.5 Å². The number of nitrogens with zero attached hydrogens (tertiary/aromatic N) is 2. The van der Waals surface area contributed by atoms with E-state index in [9.17, 15) is 9.50 Å². The molecule has 0 aliphatic carbocycles. The highest BCUT2D eigenvalue weighted by Crippen LogP contribution is 2.38. The third kappa shape index (κ3) is 3.23. The van der Waals surface area contributed by atoms with E-state index < -0.39 is 11.6 Å². The average molecular weight is 398 g/mol. The maximum absolute atomic E-state index is 14.2. The number of anilines is 2. The Morgan fingerprint density at radius 2 is 1.89 bits per heavy atom. The molecular formula is C21H17ClFN3O2. The Morgan fingerprint density at radius 3 is 2.61 bits per heavy atom. The summed E-state index contributed by atoms with van der Waals surface area (Å²) in [6, 6.07) is 13.9. The lowest BCUT2D eigenvalue weighted by molar-refractivity contribution is 0.357. The smallest absolute Gasteiger partial charge is 0.194 e. The van der Waals surface area contributed by atoms with Crippen molar-refractivity contribution >= 4 is 28.8 Å². The minimum atomic E-state index is -0.778. The Balaban J connectivity index is 1.92. The highest BCUT2D eigenvalue weighted by Gasteiger charge is 2.19. The number of methoxy groups -OCH3 is 1. The van der Waals surface area contributed by atoms with E-state index in [2.05, 4.69) is 10.3 Å². The van der Waals surface area contributed by atoms with Gasteiger partial charge >= 0.3 is 0 Å². The van der Waals surface area contributed by atoms with Crippen LogP contribution in [-0.2, 0) is 0 Å². The van der Waals surface area contributed by atoms with Crippen LogP contribution in [0, 0.1) is 12.7 Å². The number of phenols is 1. The normalized spacial score (nSPS) is 11.0. The fraction of sp³-hybridized carbons (Fsp3) is 0.0952. The topological polar surface area (TPSA) is 58.8 Å². The fourth-order valence-corrected chi connectivity index (χ4v) is 3.13. The van der Waals surface area contributed by atoms with Crippen molar-refractivity contribution < 1.29 is 14.2 Å². The number of fused-ring (bicyclic) bond motifs is 1. The average Bonchev–Trinajstić information content (AvgIpc) is 3.03. The van der Waals surface area contributed by atoms with Gasteiger partial charge in [0.05, 0.1) is 7.11 Å². The standard InChI is InChI=1S/C21H17ClFN3O2/c1-12-7-8-26-18(9-12)25-19(13-10-16(23)20(27)17(11-13)28-2)21(26)24-15-5-3-14(22)4-6-15/h3-11,24,27H,1-2H3. The van der Waals surface area contributed by atoms with E-state index in [1.807, 2.05) is 41.8 Å². The molecule has 0 amide bonds. The second kappa shape index (κ2) is 7.05. The quantitative estimate of drug-likeness (QED) is 0.473. The van der Waals surface area contributed by atoms with Gasteiger partial charge in [-0.15, -0.1) is 0 Å². The number of imidazole rings is 1. The Labute approximate surface area is 166 Å². The van der Waals surface area contributed by atoms with E-state index in [0.29, 0.717) is 27.7 Å². The van der Waals surface area contributed by atoms with Gasteiger partial charge in [-0.05, 0) is 61.0 Å². The number of pyridine rings is 1. The second-order valence-electron chi connectivity index (χ2n) is 6.38. The van der Waals surface area contributed by atoms with Crippen LogP contribution in [0.1, 0.15) is 5.56 Å². The number of aryl methyl sites for hydroxylation is 1. The molecule has 0 unspecified atom stereocenters. The van der Waals surface area contributed by atoms with Crippen LogP contribution in [0.4, 0.5) is 15.9 Å². The van der Waals surface area contributed by atoms with Crippen LogP contribution >= 0.6 is 11.6 Å². The van der Waals surface area contributed by atoms with E-state index in [0.717, 1.165) is 11.3 Å². The van der Waals surface area contributed by atoms with Gasteiger partial charge in [-0.2, -0.15) is 0 Å². The van der Waals surface area contributed by atoms with E-state index in [-0.39, 0.29) is 5.75 Å². The van der Waals surface area contributed by atoms with Crippen molar-refractivity contribution in [2.75, 3.05) is 12.4 Å². The summed E-state index contributed by atoms with van der Waals surface area (Å²) < 4.78 is 21.2. The molecule has 0 spiro atoms. The molecule has 5 nitrogen and oxygen atoms in total. The van der Waals surface area contributed by atoms with E-state index in [1.165, 1.54) is 13.2 Å². The molecule has 0 fully saturated rings. The number of ether oxygens (including phenoxy) is 1. The summed E-state index contributed by atoms with van der Waals surface area (Å²) in [5.41, 5.74) is 3.57. The van der Waals surface area contributed by atoms with Crippen molar-refractivity contribution in [2.24, 2.45) is 0 Å². The van der Waals surface area contributed by atoms with Crippen molar-refractivity contribution in [1.82, 2.24) is 9.38 Å². The van der Waals surface area contributed by atoms with Crippen LogP contribution in [0.25, 0.3) is 16.9 Å². The van der Waals surface area contributed by atoms with Gasteiger partial charge in [-0.25, -0.2) is 9.37 Å². The molecule has 2 heterocycles. The van der Waals surface area contributed by atoms with E-state index in [1.54, 1.807) is 18.2 Å². The van der Waals surface area contributed by atoms with Crippen molar-refractivity contribution in [3.05, 3.63) is 71.1 Å². The lowest BCUT2D eigenvalue weighted by Gasteiger charge is -2.11. The zero-order chi connectivity index (χ0) is 19.8. The van der Waals surface area contributed by atoms with Gasteiger partial charge in [0.1, 0.15) is 17.2 Å². The number of rotatable bonds is 4. The molecule has 2 aromatic carbocycles. The minimum absolute atomic E-state index is 0.0423. The van der Waals surface area contributed by atoms with Crippen LogP contribution in [0.2, 0.25) is 5.02 Å². The van der Waals surface area contributed by atoms with Crippen LogP contribution in [0.3, 0.4) is 0 Å². The number of nitrogens with one attached hydrogen (secondary N) is 1. The predicted molar refractivity (Wildman–Crippen MR) is 108 cm³/mol. The summed E-state index contributed by atoms with van der Waals surface area (Å²) in [7, 11) is 1.37. The molecule has 4 rings (SSSR count). The molecule has 0 bridgehead atoms. The molecule has 0 saturated carbocycles. The fourth-order valence-electron chi connectivity index (χ4n) is 3.00. The number of phenolic OH excluding ortho intramolecular Hbond substituents is 1. The molecule has 0 atom stereocenters. The summed E-state index contributed by atoms with van der Waals surface area (Å²) in [4.78, 5) is 4.67. The summed E-state index contributed by atoms with van der Waals surface area (Å²) in [5.74, 6) is -0.608. The number of halogens is 2. The lowest BCUT2D eigenvalue weighted by atomic mass is 10.1. The molecule has 7 heteroatoms. The summed E-state index contributed by atoms with van der Waals surface area (Å²) >= 11 is 5.97. The summed E-state index contributed by atoms with van der Waals surface area (Å²) in [6.45, 7) is 1.98. The molecule has 0 radical (unpaired) electrons. The molecule has 2 N–H and O–H groups in total. The zero-order valence-electron chi connectivity index (χ0n) is 15.2. The second-order valence-corrected chi connectivity index (χ2v) is 6.82. The molecular weight excluding hydrogens is 381 g/mol. The van der Waals surface area contributed by atoms with Crippen LogP contribution in [-0.4, -0.2) is 21.6 Å². The maximum Gasteiger partial charge on any atom is 0.194 e. The summed E-state index contributed by atoms with van der Waals surface area (Å²) in [6.07, 6.45) is 1.90. The predicted octanol–water partition coefficient (Wildman–Crippen LogP) is 5.56. The zero-order valence-corrected chi connectivity index (χ0v) is 16.0. The van der Waals surface area contributed by atoms with Gasteiger partial charge < -0.3 is 15.2 Å². The molecule has 28 heavy (non-hydrogen) atoms. The Hall–Kier alpha value is -3.25. The number of benzene rings is 2. The molecule has 142 valence electrons. The van der Waals surface area contributed by atoms with Gasteiger partial charge in [0.25, 0.3) is 0 Å². The summed E-state index contributed by atoms with van der Waals surface area (Å²) in [5, 5.41) is 13.8. The number of aromatic nitrogens is 2. The van der Waals surface area contributed by atoms with Gasteiger partial charge in [0.2, 0.25) is 0 Å². The monoisotopic (exact) mass is 397 g/mol. The first-order chi connectivity index (χ1) is 13.5.